The molecule has 0 aliphatic carbocycles. The van der Waals surface area contributed by atoms with Crippen LogP contribution in [0.15, 0.2) is 0 Å². The van der Waals surface area contributed by atoms with E-state index in [4.69, 9.17) is 0 Å². The summed E-state index contributed by atoms with van der Waals surface area (Å²) in [6, 6.07) is 0. The lowest BCUT2D eigenvalue weighted by molar-refractivity contribution is 0.653. The SMILES string of the molecule is CCCC(C)C#C[Si](C(C)C)(C(C)C)C(C)C. The lowest BCUT2D eigenvalue weighted by atomic mass is 10.1. The molecule has 0 amide bonds. The van der Waals surface area contributed by atoms with Gasteiger partial charge in [-0.3, -0.25) is 0 Å². The van der Waals surface area contributed by atoms with Gasteiger partial charge in [0.15, 0.2) is 0 Å². The molecule has 0 aliphatic rings. The molecule has 0 aromatic heterocycles. The molecule has 0 bridgehead atoms. The lowest BCUT2D eigenvalue weighted by Crippen LogP contribution is -2.43. The Hall–Kier alpha value is -0.223. The first kappa shape index (κ1) is 16.8. The molecule has 1 atom stereocenters. The third kappa shape index (κ3) is 4.18. The van der Waals surface area contributed by atoms with Crippen LogP contribution in [0, 0.1) is 17.4 Å². The monoisotopic (exact) mass is 252 g/mol. The predicted molar refractivity (Wildman–Crippen MR) is 82.9 cm³/mol. The van der Waals surface area contributed by atoms with Crippen LogP contribution in [0.4, 0.5) is 0 Å². The van der Waals surface area contributed by atoms with Crippen LogP contribution in [0.25, 0.3) is 0 Å². The van der Waals surface area contributed by atoms with E-state index in [0.29, 0.717) is 5.92 Å². The molecule has 0 fully saturated rings. The van der Waals surface area contributed by atoms with Gasteiger partial charge in [0.25, 0.3) is 0 Å². The Morgan fingerprint density at radius 3 is 1.53 bits per heavy atom. The first-order valence-corrected chi connectivity index (χ1v) is 9.54. The smallest absolute Gasteiger partial charge is 0.130 e. The minimum atomic E-state index is -1.48. The summed E-state index contributed by atoms with van der Waals surface area (Å²) in [4.78, 5) is 0. The maximum Gasteiger partial charge on any atom is 0.145 e. The summed E-state index contributed by atoms with van der Waals surface area (Å²) in [6.07, 6.45) is 2.49. The van der Waals surface area contributed by atoms with Gasteiger partial charge in [-0.05, 0) is 23.0 Å². The molecule has 0 aliphatic heterocycles. The fraction of sp³-hybridized carbons (Fsp3) is 0.875. The molecule has 1 unspecified atom stereocenters. The predicted octanol–water partition coefficient (Wildman–Crippen LogP) is 5.64. The van der Waals surface area contributed by atoms with Crippen LogP contribution < -0.4 is 0 Å². The highest BCUT2D eigenvalue weighted by Gasteiger charge is 2.41. The normalized spacial score (nSPS) is 14.1. The van der Waals surface area contributed by atoms with Crippen LogP contribution >= 0.6 is 0 Å². The number of hydrogen-bond donors (Lipinski definition) is 0. The van der Waals surface area contributed by atoms with E-state index in [9.17, 15) is 0 Å². The Morgan fingerprint density at radius 1 is 0.824 bits per heavy atom. The van der Waals surface area contributed by atoms with Crippen molar-refractivity contribution in [2.45, 2.75) is 84.9 Å². The molecular weight excluding hydrogens is 220 g/mol. The first-order valence-electron chi connectivity index (χ1n) is 7.31. The molecular formula is C16H32Si. The van der Waals surface area contributed by atoms with Crippen molar-refractivity contribution < 1.29 is 0 Å². The van der Waals surface area contributed by atoms with Crippen LogP contribution in [-0.2, 0) is 0 Å². The molecule has 0 aromatic rings. The largest absolute Gasteiger partial charge is 0.145 e. The second-order valence-electron chi connectivity index (χ2n) is 6.36. The molecule has 0 saturated carbocycles. The van der Waals surface area contributed by atoms with Gasteiger partial charge >= 0.3 is 0 Å². The average molecular weight is 253 g/mol. The van der Waals surface area contributed by atoms with Gasteiger partial charge in [0.1, 0.15) is 8.07 Å². The molecule has 0 saturated heterocycles. The second-order valence-corrected chi connectivity index (χ2v) is 11.9. The van der Waals surface area contributed by atoms with Crippen molar-refractivity contribution in [1.29, 1.82) is 0 Å². The van der Waals surface area contributed by atoms with Crippen molar-refractivity contribution >= 4 is 8.07 Å². The summed E-state index contributed by atoms with van der Waals surface area (Å²) in [5.41, 5.74) is 6.07. The molecule has 0 spiro atoms. The fourth-order valence-corrected chi connectivity index (χ4v) is 8.55. The second kappa shape index (κ2) is 7.26. The summed E-state index contributed by atoms with van der Waals surface area (Å²) in [7, 11) is -1.48. The minimum absolute atomic E-state index is 0.572. The van der Waals surface area contributed by atoms with E-state index in [1.54, 1.807) is 0 Å². The van der Waals surface area contributed by atoms with Gasteiger partial charge < -0.3 is 0 Å². The van der Waals surface area contributed by atoms with E-state index in [1.165, 1.54) is 12.8 Å². The van der Waals surface area contributed by atoms with Crippen molar-refractivity contribution in [3.05, 3.63) is 0 Å². The Kier molecular flexibility index (Phi) is 7.17. The third-order valence-electron chi connectivity index (χ3n) is 4.12. The molecule has 100 valence electrons. The van der Waals surface area contributed by atoms with Gasteiger partial charge in [0, 0.05) is 5.92 Å². The van der Waals surface area contributed by atoms with Gasteiger partial charge in [-0.15, -0.1) is 11.5 Å². The molecule has 0 rings (SSSR count). The summed E-state index contributed by atoms with van der Waals surface area (Å²) >= 11 is 0. The van der Waals surface area contributed by atoms with E-state index in [2.05, 4.69) is 66.9 Å². The number of hydrogen-bond acceptors (Lipinski definition) is 0. The summed E-state index contributed by atoms with van der Waals surface area (Å²) in [5.74, 6) is 4.15. The Labute approximate surface area is 111 Å². The van der Waals surface area contributed by atoms with Gasteiger partial charge in [0.2, 0.25) is 0 Å². The topological polar surface area (TPSA) is 0 Å². The quantitative estimate of drug-likeness (QED) is 0.438. The fourth-order valence-electron chi connectivity index (χ4n) is 3.19. The van der Waals surface area contributed by atoms with Gasteiger partial charge in [-0.25, -0.2) is 0 Å². The van der Waals surface area contributed by atoms with Crippen molar-refractivity contribution in [3.63, 3.8) is 0 Å². The first-order chi connectivity index (χ1) is 7.78. The van der Waals surface area contributed by atoms with Crippen molar-refractivity contribution in [3.8, 4) is 11.5 Å². The zero-order valence-corrected chi connectivity index (χ0v) is 14.2. The van der Waals surface area contributed by atoms with Crippen LogP contribution in [-0.4, -0.2) is 8.07 Å². The highest BCUT2D eigenvalue weighted by atomic mass is 28.3. The molecule has 0 N–H and O–H groups in total. The minimum Gasteiger partial charge on any atom is -0.130 e. The summed E-state index contributed by atoms with van der Waals surface area (Å²) < 4.78 is 0. The molecule has 0 radical (unpaired) electrons. The maximum atomic E-state index is 3.81. The summed E-state index contributed by atoms with van der Waals surface area (Å²) in [5, 5.41) is 0. The maximum absolute atomic E-state index is 3.81. The van der Waals surface area contributed by atoms with E-state index in [1.807, 2.05) is 0 Å². The standard InChI is InChI=1S/C16H32Si/c1-9-10-16(8)11-12-17(13(2)3,14(4)5)15(6)7/h13-16H,9-10H2,1-8H3. The van der Waals surface area contributed by atoms with E-state index >= 15 is 0 Å². The van der Waals surface area contributed by atoms with Gasteiger partial charge in [0.05, 0.1) is 0 Å². The molecule has 1 heteroatoms. The van der Waals surface area contributed by atoms with E-state index in [-0.39, 0.29) is 0 Å². The van der Waals surface area contributed by atoms with Crippen LogP contribution in [0.5, 0.6) is 0 Å². The zero-order valence-electron chi connectivity index (χ0n) is 13.2. The van der Waals surface area contributed by atoms with Crippen LogP contribution in [0.2, 0.25) is 16.6 Å². The third-order valence-corrected chi connectivity index (χ3v) is 10.4. The Morgan fingerprint density at radius 2 is 1.24 bits per heavy atom. The molecule has 0 heterocycles. The molecule has 17 heavy (non-hydrogen) atoms. The number of rotatable bonds is 5. The van der Waals surface area contributed by atoms with Crippen LogP contribution in [0.1, 0.15) is 68.2 Å². The Bertz CT molecular complexity index is 243. The zero-order chi connectivity index (χ0) is 13.6. The summed E-state index contributed by atoms with van der Waals surface area (Å²) in [6.45, 7) is 18.8. The van der Waals surface area contributed by atoms with Crippen molar-refractivity contribution in [2.24, 2.45) is 5.92 Å². The molecule has 0 aromatic carbocycles. The highest BCUT2D eigenvalue weighted by Crippen LogP contribution is 2.40. The lowest BCUT2D eigenvalue weighted by Gasteiger charge is -2.38. The van der Waals surface area contributed by atoms with Gasteiger partial charge in [-0.1, -0.05) is 61.8 Å². The van der Waals surface area contributed by atoms with Crippen molar-refractivity contribution in [2.75, 3.05) is 0 Å². The van der Waals surface area contributed by atoms with Gasteiger partial charge in [-0.2, -0.15) is 0 Å². The van der Waals surface area contributed by atoms with E-state index < -0.39 is 8.07 Å². The van der Waals surface area contributed by atoms with Crippen LogP contribution in [0.3, 0.4) is 0 Å². The average Bonchev–Trinajstić information content (AvgIpc) is 2.17. The molecule has 0 nitrogen and oxygen atoms in total. The van der Waals surface area contributed by atoms with E-state index in [0.717, 1.165) is 16.6 Å². The Balaban J connectivity index is 5.18. The van der Waals surface area contributed by atoms with Crippen molar-refractivity contribution in [1.82, 2.24) is 0 Å². The highest BCUT2D eigenvalue weighted by molar-refractivity contribution is 6.90.